The largest absolute Gasteiger partial charge is 0.103 e. The molecule has 13 heavy (non-hydrogen) atoms. The van der Waals surface area contributed by atoms with Crippen LogP contribution in [0.4, 0.5) is 0 Å². The molecule has 0 saturated carbocycles. The van der Waals surface area contributed by atoms with Crippen LogP contribution in [0, 0.1) is 5.92 Å². The SMILES string of the molecule is C=CCCC(CC(=C)Br)C(Br)CC. The van der Waals surface area contributed by atoms with E-state index in [9.17, 15) is 0 Å². The predicted octanol–water partition coefficient (Wildman–Crippen LogP) is 5.04. The first kappa shape index (κ1) is 13.4. The molecule has 2 unspecified atom stereocenters. The van der Waals surface area contributed by atoms with Gasteiger partial charge in [-0.3, -0.25) is 0 Å². The van der Waals surface area contributed by atoms with Gasteiger partial charge in [0, 0.05) is 4.83 Å². The van der Waals surface area contributed by atoms with Crippen molar-refractivity contribution in [3.8, 4) is 0 Å². The van der Waals surface area contributed by atoms with Crippen molar-refractivity contribution in [1.82, 2.24) is 0 Å². The van der Waals surface area contributed by atoms with Crippen molar-refractivity contribution in [2.75, 3.05) is 0 Å². The molecule has 2 atom stereocenters. The molecule has 0 aliphatic rings. The molecule has 0 aliphatic carbocycles. The second kappa shape index (κ2) is 7.81. The van der Waals surface area contributed by atoms with Crippen LogP contribution in [0.3, 0.4) is 0 Å². The van der Waals surface area contributed by atoms with Crippen LogP contribution in [0.2, 0.25) is 0 Å². The molecule has 0 radical (unpaired) electrons. The predicted molar refractivity (Wildman–Crippen MR) is 68.6 cm³/mol. The number of alkyl halides is 1. The van der Waals surface area contributed by atoms with E-state index >= 15 is 0 Å². The van der Waals surface area contributed by atoms with Gasteiger partial charge >= 0.3 is 0 Å². The zero-order valence-corrected chi connectivity index (χ0v) is 11.4. The third-order valence-corrected chi connectivity index (χ3v) is 3.85. The van der Waals surface area contributed by atoms with Gasteiger partial charge in [-0.25, -0.2) is 0 Å². The van der Waals surface area contributed by atoms with Gasteiger partial charge < -0.3 is 0 Å². The summed E-state index contributed by atoms with van der Waals surface area (Å²) in [5.41, 5.74) is 0. The lowest BCUT2D eigenvalue weighted by molar-refractivity contribution is 0.471. The van der Waals surface area contributed by atoms with Crippen molar-refractivity contribution in [1.29, 1.82) is 0 Å². The summed E-state index contributed by atoms with van der Waals surface area (Å²) in [6.07, 6.45) is 6.49. The highest BCUT2D eigenvalue weighted by Crippen LogP contribution is 2.29. The molecule has 0 N–H and O–H groups in total. The van der Waals surface area contributed by atoms with Crippen molar-refractivity contribution in [2.24, 2.45) is 5.92 Å². The van der Waals surface area contributed by atoms with Crippen molar-refractivity contribution in [3.05, 3.63) is 23.7 Å². The van der Waals surface area contributed by atoms with Gasteiger partial charge in [0.1, 0.15) is 0 Å². The Labute approximate surface area is 98.7 Å². The van der Waals surface area contributed by atoms with Crippen LogP contribution < -0.4 is 0 Å². The topological polar surface area (TPSA) is 0 Å². The van der Waals surface area contributed by atoms with Crippen LogP contribution in [0.25, 0.3) is 0 Å². The molecule has 76 valence electrons. The summed E-state index contributed by atoms with van der Waals surface area (Å²) in [5.74, 6) is 0.676. The summed E-state index contributed by atoms with van der Waals surface area (Å²) in [6.45, 7) is 9.84. The standard InChI is InChI=1S/C11H18Br2/c1-4-6-7-10(8-9(3)12)11(13)5-2/h4,10-11H,1,3,5-8H2,2H3. The smallest absolute Gasteiger partial charge is 0.0174 e. The first-order valence-corrected chi connectivity index (χ1v) is 6.40. The fraction of sp³-hybridized carbons (Fsp3) is 0.636. The zero-order chi connectivity index (χ0) is 10.3. The molecule has 0 aromatic rings. The van der Waals surface area contributed by atoms with E-state index in [4.69, 9.17) is 0 Å². The first-order chi connectivity index (χ1) is 6.11. The van der Waals surface area contributed by atoms with Crippen molar-refractivity contribution < 1.29 is 0 Å². The third kappa shape index (κ3) is 6.50. The van der Waals surface area contributed by atoms with Gasteiger partial charge in [0.15, 0.2) is 0 Å². The maximum absolute atomic E-state index is 3.89. The molecule has 0 aliphatic heterocycles. The fourth-order valence-electron chi connectivity index (χ4n) is 1.36. The molecular weight excluding hydrogens is 292 g/mol. The minimum absolute atomic E-state index is 0.599. The van der Waals surface area contributed by atoms with Crippen LogP contribution in [0.15, 0.2) is 23.7 Å². The van der Waals surface area contributed by atoms with E-state index in [0.29, 0.717) is 10.7 Å². The van der Waals surface area contributed by atoms with Crippen LogP contribution in [-0.2, 0) is 0 Å². The highest BCUT2D eigenvalue weighted by Gasteiger charge is 2.16. The Morgan fingerprint density at radius 3 is 2.54 bits per heavy atom. The van der Waals surface area contributed by atoms with Gasteiger partial charge in [-0.2, -0.15) is 0 Å². The van der Waals surface area contributed by atoms with Crippen molar-refractivity contribution in [3.63, 3.8) is 0 Å². The summed E-state index contributed by atoms with van der Waals surface area (Å²) in [6, 6.07) is 0. The van der Waals surface area contributed by atoms with Gasteiger partial charge in [-0.05, 0) is 36.1 Å². The lowest BCUT2D eigenvalue weighted by Gasteiger charge is -2.20. The van der Waals surface area contributed by atoms with Crippen LogP contribution in [0.5, 0.6) is 0 Å². The van der Waals surface area contributed by atoms with E-state index in [1.54, 1.807) is 0 Å². The molecule has 0 bridgehead atoms. The number of halogens is 2. The molecule has 0 spiro atoms. The van der Waals surface area contributed by atoms with Gasteiger partial charge in [-0.1, -0.05) is 51.4 Å². The summed E-state index contributed by atoms with van der Waals surface area (Å²) < 4.78 is 1.10. The van der Waals surface area contributed by atoms with E-state index in [0.717, 1.165) is 17.3 Å². The lowest BCUT2D eigenvalue weighted by Crippen LogP contribution is -2.13. The summed E-state index contributed by atoms with van der Waals surface area (Å²) in [7, 11) is 0. The number of hydrogen-bond donors (Lipinski definition) is 0. The number of allylic oxidation sites excluding steroid dienone is 2. The monoisotopic (exact) mass is 308 g/mol. The Bertz CT molecular complexity index is 163. The van der Waals surface area contributed by atoms with Crippen LogP contribution in [0.1, 0.15) is 32.6 Å². The average molecular weight is 310 g/mol. The summed E-state index contributed by atoms with van der Waals surface area (Å²) in [4.78, 5) is 0.599. The molecule has 0 rings (SSSR count). The Morgan fingerprint density at radius 1 is 1.54 bits per heavy atom. The Kier molecular flexibility index (Phi) is 8.07. The Hall–Kier alpha value is 0.440. The van der Waals surface area contributed by atoms with E-state index < -0.39 is 0 Å². The molecule has 0 aromatic heterocycles. The normalized spacial score (nSPS) is 15.0. The van der Waals surface area contributed by atoms with Gasteiger partial charge in [0.2, 0.25) is 0 Å². The molecule has 0 fully saturated rings. The summed E-state index contributed by atoms with van der Waals surface area (Å²) in [5, 5.41) is 0. The minimum atomic E-state index is 0.599. The molecule has 0 amide bonds. The number of rotatable bonds is 7. The third-order valence-electron chi connectivity index (χ3n) is 2.13. The summed E-state index contributed by atoms with van der Waals surface area (Å²) >= 11 is 7.13. The van der Waals surface area contributed by atoms with Gasteiger partial charge in [-0.15, -0.1) is 6.58 Å². The fourth-order valence-corrected chi connectivity index (χ4v) is 2.23. The van der Waals surface area contributed by atoms with E-state index in [-0.39, 0.29) is 0 Å². The highest BCUT2D eigenvalue weighted by molar-refractivity contribution is 9.11. The highest BCUT2D eigenvalue weighted by atomic mass is 79.9. The zero-order valence-electron chi connectivity index (χ0n) is 8.23. The van der Waals surface area contributed by atoms with Crippen molar-refractivity contribution in [2.45, 2.75) is 37.4 Å². The lowest BCUT2D eigenvalue weighted by atomic mass is 9.94. The van der Waals surface area contributed by atoms with Crippen LogP contribution in [-0.4, -0.2) is 4.83 Å². The van der Waals surface area contributed by atoms with Gasteiger partial charge in [0.25, 0.3) is 0 Å². The molecule has 0 heterocycles. The van der Waals surface area contributed by atoms with E-state index in [1.807, 2.05) is 6.08 Å². The van der Waals surface area contributed by atoms with E-state index in [2.05, 4.69) is 51.9 Å². The van der Waals surface area contributed by atoms with Crippen LogP contribution >= 0.6 is 31.9 Å². The first-order valence-electron chi connectivity index (χ1n) is 4.70. The van der Waals surface area contributed by atoms with Crippen molar-refractivity contribution >= 4 is 31.9 Å². The molecule has 0 saturated heterocycles. The quantitative estimate of drug-likeness (QED) is 0.456. The molecule has 0 aromatic carbocycles. The van der Waals surface area contributed by atoms with Gasteiger partial charge in [0.05, 0.1) is 0 Å². The molecule has 0 nitrogen and oxygen atoms in total. The number of hydrogen-bond acceptors (Lipinski definition) is 0. The maximum atomic E-state index is 3.89. The second-order valence-corrected chi connectivity index (χ2v) is 5.57. The van der Waals surface area contributed by atoms with E-state index in [1.165, 1.54) is 12.8 Å². The Balaban J connectivity index is 4.01. The molecular formula is C11H18Br2. The minimum Gasteiger partial charge on any atom is -0.103 e. The molecule has 2 heteroatoms. The average Bonchev–Trinajstić information content (AvgIpc) is 2.10. The second-order valence-electron chi connectivity index (χ2n) is 3.27. The maximum Gasteiger partial charge on any atom is 0.0174 e. The Morgan fingerprint density at radius 2 is 2.15 bits per heavy atom.